The summed E-state index contributed by atoms with van der Waals surface area (Å²) in [4.78, 5) is 9.38. The Bertz CT molecular complexity index is 429. The number of nitrogens with zero attached hydrogens (tertiary/aromatic N) is 2. The van der Waals surface area contributed by atoms with Gasteiger partial charge in [0.2, 0.25) is 0 Å². The number of hydrogen-bond donors (Lipinski definition) is 1. The first kappa shape index (κ1) is 9.11. The Morgan fingerprint density at radius 1 is 1.19 bits per heavy atom. The third-order valence-corrected chi connectivity index (χ3v) is 4.65. The third kappa shape index (κ3) is 1.24. The smallest absolute Gasteiger partial charge is 0.131 e. The molecule has 2 bridgehead atoms. The van der Waals surface area contributed by atoms with Crippen molar-refractivity contribution in [2.75, 3.05) is 0 Å². The van der Waals surface area contributed by atoms with Crippen molar-refractivity contribution in [1.29, 1.82) is 0 Å². The van der Waals surface area contributed by atoms with E-state index in [1.807, 2.05) is 6.20 Å². The van der Waals surface area contributed by atoms with Gasteiger partial charge < -0.3 is 5.32 Å². The molecule has 0 saturated heterocycles. The highest BCUT2D eigenvalue weighted by atomic mass is 15.0. The highest BCUT2D eigenvalue weighted by Crippen LogP contribution is 2.52. The molecule has 2 fully saturated rings. The van der Waals surface area contributed by atoms with Gasteiger partial charge in [-0.05, 0) is 31.1 Å². The molecular formula is C13H17N3. The van der Waals surface area contributed by atoms with Gasteiger partial charge in [0.25, 0.3) is 0 Å². The van der Waals surface area contributed by atoms with E-state index < -0.39 is 0 Å². The zero-order valence-electron chi connectivity index (χ0n) is 9.45. The SMILES string of the molecule is c1nc(C2CC3CCC2C3)nc2c1CNC2. The van der Waals surface area contributed by atoms with Gasteiger partial charge in [-0.3, -0.25) is 0 Å². The molecule has 0 spiro atoms. The Morgan fingerprint density at radius 3 is 3.00 bits per heavy atom. The van der Waals surface area contributed by atoms with E-state index in [2.05, 4.69) is 10.3 Å². The Hall–Kier alpha value is -0.960. The molecule has 2 aliphatic carbocycles. The number of nitrogens with one attached hydrogen (secondary N) is 1. The fourth-order valence-corrected chi connectivity index (χ4v) is 3.81. The molecule has 84 valence electrons. The summed E-state index contributed by atoms with van der Waals surface area (Å²) >= 11 is 0. The van der Waals surface area contributed by atoms with Crippen LogP contribution in [0, 0.1) is 11.8 Å². The van der Waals surface area contributed by atoms with Gasteiger partial charge in [-0.2, -0.15) is 0 Å². The molecule has 2 saturated carbocycles. The van der Waals surface area contributed by atoms with Crippen LogP contribution in [0.25, 0.3) is 0 Å². The summed E-state index contributed by atoms with van der Waals surface area (Å²) in [5.41, 5.74) is 2.54. The molecule has 1 aliphatic heterocycles. The fraction of sp³-hybridized carbons (Fsp3) is 0.692. The van der Waals surface area contributed by atoms with Crippen molar-refractivity contribution < 1.29 is 0 Å². The Labute approximate surface area is 95.7 Å². The molecule has 16 heavy (non-hydrogen) atoms. The lowest BCUT2D eigenvalue weighted by atomic mass is 9.88. The number of hydrogen-bond acceptors (Lipinski definition) is 3. The van der Waals surface area contributed by atoms with Gasteiger partial charge in [0, 0.05) is 30.8 Å². The Balaban J connectivity index is 1.68. The van der Waals surface area contributed by atoms with E-state index in [0.717, 1.165) is 30.7 Å². The summed E-state index contributed by atoms with van der Waals surface area (Å²) in [6, 6.07) is 0. The first-order valence-electron chi connectivity index (χ1n) is 6.45. The maximum Gasteiger partial charge on any atom is 0.131 e. The Kier molecular flexibility index (Phi) is 1.86. The normalized spacial score (nSPS) is 35.6. The number of fused-ring (bicyclic) bond motifs is 3. The molecule has 3 atom stereocenters. The van der Waals surface area contributed by atoms with Gasteiger partial charge in [-0.15, -0.1) is 0 Å². The van der Waals surface area contributed by atoms with E-state index in [-0.39, 0.29) is 0 Å². The van der Waals surface area contributed by atoms with Gasteiger partial charge >= 0.3 is 0 Å². The highest BCUT2D eigenvalue weighted by Gasteiger charge is 2.41. The van der Waals surface area contributed by atoms with Crippen LogP contribution in [0.3, 0.4) is 0 Å². The van der Waals surface area contributed by atoms with Gasteiger partial charge in [-0.1, -0.05) is 6.42 Å². The zero-order chi connectivity index (χ0) is 10.5. The second kappa shape index (κ2) is 3.27. The highest BCUT2D eigenvalue weighted by molar-refractivity contribution is 5.23. The van der Waals surface area contributed by atoms with Crippen LogP contribution >= 0.6 is 0 Å². The minimum Gasteiger partial charge on any atom is -0.307 e. The lowest BCUT2D eigenvalue weighted by Gasteiger charge is -2.20. The molecular weight excluding hydrogens is 198 g/mol. The van der Waals surface area contributed by atoms with Crippen molar-refractivity contribution in [3.05, 3.63) is 23.3 Å². The second-order valence-electron chi connectivity index (χ2n) is 5.59. The molecule has 1 aromatic rings. The summed E-state index contributed by atoms with van der Waals surface area (Å²) in [6.45, 7) is 1.89. The summed E-state index contributed by atoms with van der Waals surface area (Å²) in [5, 5.41) is 3.34. The molecule has 0 radical (unpaired) electrons. The summed E-state index contributed by atoms with van der Waals surface area (Å²) < 4.78 is 0. The maximum absolute atomic E-state index is 4.78. The third-order valence-electron chi connectivity index (χ3n) is 4.65. The lowest BCUT2D eigenvalue weighted by molar-refractivity contribution is 0.404. The summed E-state index contributed by atoms with van der Waals surface area (Å²) in [5.74, 6) is 3.67. The molecule has 3 unspecified atom stereocenters. The van der Waals surface area contributed by atoms with E-state index in [0.29, 0.717) is 5.92 Å². The predicted molar refractivity (Wildman–Crippen MR) is 60.8 cm³/mol. The lowest BCUT2D eigenvalue weighted by Crippen LogP contribution is -2.13. The van der Waals surface area contributed by atoms with Crippen LogP contribution in [-0.4, -0.2) is 9.97 Å². The van der Waals surface area contributed by atoms with Crippen molar-refractivity contribution in [3.63, 3.8) is 0 Å². The summed E-state index contributed by atoms with van der Waals surface area (Å²) in [6.07, 6.45) is 7.69. The van der Waals surface area contributed by atoms with Crippen molar-refractivity contribution in [2.24, 2.45) is 11.8 Å². The molecule has 0 aromatic carbocycles. The van der Waals surface area contributed by atoms with E-state index >= 15 is 0 Å². The van der Waals surface area contributed by atoms with Crippen molar-refractivity contribution >= 4 is 0 Å². The molecule has 1 aromatic heterocycles. The van der Waals surface area contributed by atoms with Crippen molar-refractivity contribution in [3.8, 4) is 0 Å². The van der Waals surface area contributed by atoms with E-state index in [4.69, 9.17) is 4.98 Å². The quantitative estimate of drug-likeness (QED) is 0.778. The van der Waals surface area contributed by atoms with Crippen LogP contribution in [0.1, 0.15) is 48.7 Å². The first-order valence-corrected chi connectivity index (χ1v) is 6.45. The Morgan fingerprint density at radius 2 is 2.19 bits per heavy atom. The molecule has 1 N–H and O–H groups in total. The largest absolute Gasteiger partial charge is 0.307 e. The van der Waals surface area contributed by atoms with Crippen LogP contribution in [0.2, 0.25) is 0 Å². The van der Waals surface area contributed by atoms with E-state index in [9.17, 15) is 0 Å². The number of aromatic nitrogens is 2. The predicted octanol–water partition coefficient (Wildman–Crippen LogP) is 1.98. The molecule has 3 aliphatic rings. The maximum atomic E-state index is 4.78. The molecule has 4 rings (SSSR count). The fourth-order valence-electron chi connectivity index (χ4n) is 3.81. The minimum atomic E-state index is 0.671. The topological polar surface area (TPSA) is 37.8 Å². The van der Waals surface area contributed by atoms with Gasteiger partial charge in [0.15, 0.2) is 0 Å². The monoisotopic (exact) mass is 215 g/mol. The zero-order valence-corrected chi connectivity index (χ0v) is 9.45. The molecule has 3 heteroatoms. The van der Waals surface area contributed by atoms with Crippen LogP contribution in [0.15, 0.2) is 6.20 Å². The van der Waals surface area contributed by atoms with Crippen LogP contribution in [0.5, 0.6) is 0 Å². The minimum absolute atomic E-state index is 0.671. The van der Waals surface area contributed by atoms with E-state index in [1.54, 1.807) is 0 Å². The molecule has 0 amide bonds. The second-order valence-corrected chi connectivity index (χ2v) is 5.59. The van der Waals surface area contributed by atoms with Crippen molar-refractivity contribution in [1.82, 2.24) is 15.3 Å². The average Bonchev–Trinajstić information content (AvgIpc) is 3.03. The first-order chi connectivity index (χ1) is 7.90. The van der Waals surface area contributed by atoms with Crippen molar-refractivity contribution in [2.45, 2.75) is 44.7 Å². The number of rotatable bonds is 1. The van der Waals surface area contributed by atoms with Crippen LogP contribution < -0.4 is 5.32 Å². The van der Waals surface area contributed by atoms with E-state index in [1.165, 1.54) is 36.9 Å². The average molecular weight is 215 g/mol. The van der Waals surface area contributed by atoms with Crippen LogP contribution in [0.4, 0.5) is 0 Å². The molecule has 3 nitrogen and oxygen atoms in total. The summed E-state index contributed by atoms with van der Waals surface area (Å²) in [7, 11) is 0. The van der Waals surface area contributed by atoms with Crippen LogP contribution in [-0.2, 0) is 13.1 Å². The van der Waals surface area contributed by atoms with Gasteiger partial charge in [0.05, 0.1) is 5.69 Å². The standard InChI is InChI=1S/C13H17N3/c1-2-9-3-8(1)4-11(9)13-15-6-10-5-14-7-12(10)16-13/h6,8-9,11,14H,1-5,7H2. The van der Waals surface area contributed by atoms with Gasteiger partial charge in [0.1, 0.15) is 5.82 Å². The van der Waals surface area contributed by atoms with Gasteiger partial charge in [-0.25, -0.2) is 9.97 Å². The molecule has 2 heterocycles.